The molecule has 0 radical (unpaired) electrons. The Bertz CT molecular complexity index is 686. The fourth-order valence-corrected chi connectivity index (χ4v) is 2.55. The predicted octanol–water partition coefficient (Wildman–Crippen LogP) is 2.13. The van der Waals surface area contributed by atoms with Crippen molar-refractivity contribution in [3.05, 3.63) is 29.8 Å². The van der Waals surface area contributed by atoms with Crippen molar-refractivity contribution < 1.29 is 32.3 Å². The lowest BCUT2D eigenvalue weighted by molar-refractivity contribution is -0.162. The Kier molecular flexibility index (Phi) is 6.06. The SMILES string of the molecule is NC(=O)c1cccc(NC(=O)C2CCN(C(=O)OCC(F)(F)F)CC2)c1. The molecular formula is C16H18F3N3O4. The Morgan fingerprint density at radius 2 is 1.88 bits per heavy atom. The summed E-state index contributed by atoms with van der Waals surface area (Å²) < 4.78 is 40.4. The van der Waals surface area contributed by atoms with Gasteiger partial charge in [0.1, 0.15) is 0 Å². The van der Waals surface area contributed by atoms with Gasteiger partial charge in [-0.2, -0.15) is 13.2 Å². The molecule has 1 aliphatic rings. The summed E-state index contributed by atoms with van der Waals surface area (Å²) in [7, 11) is 0. The number of ether oxygens (including phenoxy) is 1. The Hall–Kier alpha value is -2.78. The number of halogens is 3. The molecule has 0 saturated carbocycles. The van der Waals surface area contributed by atoms with Crippen LogP contribution in [0.25, 0.3) is 0 Å². The van der Waals surface area contributed by atoms with Gasteiger partial charge in [0.15, 0.2) is 6.61 Å². The van der Waals surface area contributed by atoms with Gasteiger partial charge in [0, 0.05) is 30.3 Å². The average Bonchev–Trinajstić information content (AvgIpc) is 2.59. The Labute approximate surface area is 147 Å². The van der Waals surface area contributed by atoms with Crippen LogP contribution in [0.4, 0.5) is 23.7 Å². The zero-order chi connectivity index (χ0) is 19.3. The number of hydrogen-bond donors (Lipinski definition) is 2. The van der Waals surface area contributed by atoms with E-state index < -0.39 is 30.7 Å². The van der Waals surface area contributed by atoms with E-state index in [0.29, 0.717) is 18.5 Å². The maximum Gasteiger partial charge on any atom is 0.422 e. The molecule has 1 saturated heterocycles. The van der Waals surface area contributed by atoms with Gasteiger partial charge in [-0.05, 0) is 31.0 Å². The minimum absolute atomic E-state index is 0.121. The quantitative estimate of drug-likeness (QED) is 0.844. The molecule has 0 atom stereocenters. The first kappa shape index (κ1) is 19.5. The molecule has 3 N–H and O–H groups in total. The van der Waals surface area contributed by atoms with E-state index in [2.05, 4.69) is 10.1 Å². The minimum Gasteiger partial charge on any atom is -0.440 e. The van der Waals surface area contributed by atoms with Crippen molar-refractivity contribution in [3.8, 4) is 0 Å². The normalized spacial score (nSPS) is 15.4. The monoisotopic (exact) mass is 373 g/mol. The molecule has 1 aromatic carbocycles. The van der Waals surface area contributed by atoms with Crippen LogP contribution in [0.15, 0.2) is 24.3 Å². The van der Waals surface area contributed by atoms with Crippen molar-refractivity contribution in [1.82, 2.24) is 4.90 Å². The first-order valence-corrected chi connectivity index (χ1v) is 7.85. The Morgan fingerprint density at radius 3 is 2.46 bits per heavy atom. The van der Waals surface area contributed by atoms with Crippen molar-refractivity contribution in [2.75, 3.05) is 25.0 Å². The molecule has 0 aromatic heterocycles. The van der Waals surface area contributed by atoms with E-state index in [1.807, 2.05) is 0 Å². The number of benzene rings is 1. The highest BCUT2D eigenvalue weighted by Gasteiger charge is 2.33. The van der Waals surface area contributed by atoms with Crippen LogP contribution in [0, 0.1) is 5.92 Å². The van der Waals surface area contributed by atoms with Crippen molar-refractivity contribution in [2.24, 2.45) is 11.7 Å². The van der Waals surface area contributed by atoms with E-state index in [9.17, 15) is 27.6 Å². The molecular weight excluding hydrogens is 355 g/mol. The zero-order valence-corrected chi connectivity index (χ0v) is 13.7. The van der Waals surface area contributed by atoms with Gasteiger partial charge in [0.05, 0.1) is 0 Å². The van der Waals surface area contributed by atoms with Crippen LogP contribution in [-0.4, -0.2) is 48.7 Å². The van der Waals surface area contributed by atoms with Crippen molar-refractivity contribution in [1.29, 1.82) is 0 Å². The van der Waals surface area contributed by atoms with Crippen LogP contribution >= 0.6 is 0 Å². The standard InChI is InChI=1S/C16H18F3N3O4/c17-16(18,19)9-26-15(25)22-6-4-10(5-7-22)14(24)21-12-3-1-2-11(8-12)13(20)23/h1-3,8,10H,4-7,9H2,(H2,20,23)(H,21,24). The van der Waals surface area contributed by atoms with E-state index in [1.165, 1.54) is 12.1 Å². The molecule has 142 valence electrons. The minimum atomic E-state index is -4.58. The number of rotatable bonds is 4. The highest BCUT2D eigenvalue weighted by molar-refractivity contribution is 5.97. The maximum absolute atomic E-state index is 12.3. The van der Waals surface area contributed by atoms with Gasteiger partial charge >= 0.3 is 12.3 Å². The summed E-state index contributed by atoms with van der Waals surface area (Å²) in [4.78, 5) is 36.1. The largest absolute Gasteiger partial charge is 0.440 e. The van der Waals surface area contributed by atoms with Gasteiger partial charge in [-0.25, -0.2) is 4.79 Å². The number of primary amides is 1. The van der Waals surface area contributed by atoms with E-state index >= 15 is 0 Å². The number of carbonyl (C=O) groups excluding carboxylic acids is 3. The summed E-state index contributed by atoms with van der Waals surface area (Å²) in [6, 6.07) is 6.15. The molecule has 7 nitrogen and oxygen atoms in total. The van der Waals surface area contributed by atoms with Crippen molar-refractivity contribution >= 4 is 23.6 Å². The number of piperidine rings is 1. The maximum atomic E-state index is 12.3. The summed E-state index contributed by atoms with van der Waals surface area (Å²) in [5.41, 5.74) is 5.85. The summed E-state index contributed by atoms with van der Waals surface area (Å²) >= 11 is 0. The van der Waals surface area contributed by atoms with Crippen molar-refractivity contribution in [3.63, 3.8) is 0 Å². The number of alkyl halides is 3. The van der Waals surface area contributed by atoms with Crippen molar-refractivity contribution in [2.45, 2.75) is 19.0 Å². The summed E-state index contributed by atoms with van der Waals surface area (Å²) in [5.74, 6) is -1.32. The highest BCUT2D eigenvalue weighted by atomic mass is 19.4. The second kappa shape index (κ2) is 8.07. The number of amides is 3. The first-order chi connectivity index (χ1) is 12.2. The van der Waals surface area contributed by atoms with E-state index in [1.54, 1.807) is 12.1 Å². The summed E-state index contributed by atoms with van der Waals surface area (Å²) in [6.45, 7) is -1.39. The van der Waals surface area contributed by atoms with Gasteiger partial charge in [0.2, 0.25) is 11.8 Å². The highest BCUT2D eigenvalue weighted by Crippen LogP contribution is 2.21. The van der Waals surface area contributed by atoms with Crippen LogP contribution in [0.5, 0.6) is 0 Å². The third-order valence-corrected chi connectivity index (χ3v) is 3.90. The lowest BCUT2D eigenvalue weighted by Gasteiger charge is -2.30. The molecule has 3 amide bonds. The average molecular weight is 373 g/mol. The molecule has 0 spiro atoms. The van der Waals surface area contributed by atoms with E-state index in [-0.39, 0.29) is 24.6 Å². The number of likely N-dealkylation sites (tertiary alicyclic amines) is 1. The molecule has 2 rings (SSSR count). The van der Waals surface area contributed by atoms with Gasteiger partial charge in [0.25, 0.3) is 0 Å². The Balaban J connectivity index is 1.83. The van der Waals surface area contributed by atoms with E-state index in [0.717, 1.165) is 4.90 Å². The third kappa shape index (κ3) is 5.64. The van der Waals surface area contributed by atoms with Crippen LogP contribution in [0.1, 0.15) is 23.2 Å². The van der Waals surface area contributed by atoms with Crippen LogP contribution in [0.3, 0.4) is 0 Å². The molecule has 1 fully saturated rings. The molecule has 0 bridgehead atoms. The molecule has 1 aromatic rings. The molecule has 1 aliphatic heterocycles. The molecule has 0 aliphatic carbocycles. The van der Waals surface area contributed by atoms with Crippen LogP contribution in [0.2, 0.25) is 0 Å². The molecule has 1 heterocycles. The zero-order valence-electron chi connectivity index (χ0n) is 13.7. The number of nitrogens with zero attached hydrogens (tertiary/aromatic N) is 1. The number of carbonyl (C=O) groups is 3. The number of anilines is 1. The number of nitrogens with one attached hydrogen (secondary N) is 1. The summed E-state index contributed by atoms with van der Waals surface area (Å²) in [5, 5.41) is 2.67. The van der Waals surface area contributed by atoms with Gasteiger partial charge < -0.3 is 20.7 Å². The van der Waals surface area contributed by atoms with Crippen LogP contribution < -0.4 is 11.1 Å². The number of nitrogens with two attached hydrogens (primary N) is 1. The lowest BCUT2D eigenvalue weighted by atomic mass is 9.96. The van der Waals surface area contributed by atoms with E-state index in [4.69, 9.17) is 5.73 Å². The predicted molar refractivity (Wildman–Crippen MR) is 85.3 cm³/mol. The molecule has 0 unspecified atom stereocenters. The van der Waals surface area contributed by atoms with Gasteiger partial charge in [-0.1, -0.05) is 6.07 Å². The Morgan fingerprint density at radius 1 is 1.23 bits per heavy atom. The second-order valence-corrected chi connectivity index (χ2v) is 5.87. The molecule has 26 heavy (non-hydrogen) atoms. The molecule has 10 heteroatoms. The lowest BCUT2D eigenvalue weighted by Crippen LogP contribution is -2.42. The second-order valence-electron chi connectivity index (χ2n) is 5.87. The smallest absolute Gasteiger partial charge is 0.422 e. The number of hydrogen-bond acceptors (Lipinski definition) is 4. The third-order valence-electron chi connectivity index (χ3n) is 3.90. The van der Waals surface area contributed by atoms with Gasteiger partial charge in [-0.3, -0.25) is 9.59 Å². The fraction of sp³-hybridized carbons (Fsp3) is 0.438. The topological polar surface area (TPSA) is 102 Å². The summed E-state index contributed by atoms with van der Waals surface area (Å²) in [6.07, 6.45) is -5.03. The van der Waals surface area contributed by atoms with Crippen LogP contribution in [-0.2, 0) is 9.53 Å². The first-order valence-electron chi connectivity index (χ1n) is 7.85. The van der Waals surface area contributed by atoms with Gasteiger partial charge in [-0.15, -0.1) is 0 Å². The fourth-order valence-electron chi connectivity index (χ4n) is 2.55.